The van der Waals surface area contributed by atoms with Crippen molar-refractivity contribution in [2.24, 2.45) is 0 Å². The van der Waals surface area contributed by atoms with Gasteiger partial charge < -0.3 is 10.2 Å². The summed E-state index contributed by atoms with van der Waals surface area (Å²) in [6, 6.07) is 56.1. The quantitative estimate of drug-likeness (QED) is 0.181. The maximum absolute atomic E-state index is 3.65. The van der Waals surface area contributed by atoms with Crippen molar-refractivity contribution in [2.75, 3.05) is 10.2 Å². The molecule has 0 unspecified atom stereocenters. The Balaban J connectivity index is 0.000000306. The van der Waals surface area contributed by atoms with Crippen molar-refractivity contribution < 1.29 is 0 Å². The minimum Gasteiger partial charge on any atom is -0.355 e. The van der Waals surface area contributed by atoms with Gasteiger partial charge in [0, 0.05) is 34.4 Å². The number of nitrogens with zero attached hydrogens (tertiary/aromatic N) is 1. The molecular weight excluding hydrogens is 605 g/mol. The average Bonchev–Trinajstić information content (AvgIpc) is 3.16. The fourth-order valence-corrected chi connectivity index (χ4v) is 6.83. The number of allylic oxidation sites excluding steroid dienone is 3. The Hall–Kier alpha value is -6.12. The standard InChI is InChI=1S/C37H30N2.C11H12/c1-37(2)33-13-7-8-14-35(33)38-36-20-15-26(23-34(36)37)21-22-39(31-18-16-27-9-3-5-11-29(27)24-31)32-19-17-28-10-4-6-12-30(28)25-32;1-3-7-10(2)11-8-5-4-6-9-11/h3-25,38H,1-2H3;3-9H,1H2,2H3/b22-21+;10-7+. The van der Waals surface area contributed by atoms with Crippen molar-refractivity contribution in [1.82, 2.24) is 0 Å². The van der Waals surface area contributed by atoms with Gasteiger partial charge in [0.1, 0.15) is 0 Å². The molecule has 0 radical (unpaired) electrons. The van der Waals surface area contributed by atoms with Crippen molar-refractivity contribution in [3.8, 4) is 0 Å². The molecule has 2 nitrogen and oxygen atoms in total. The lowest BCUT2D eigenvalue weighted by Gasteiger charge is -2.35. The van der Waals surface area contributed by atoms with Gasteiger partial charge in [-0.15, -0.1) is 0 Å². The molecule has 1 aliphatic heterocycles. The summed E-state index contributed by atoms with van der Waals surface area (Å²) in [4.78, 5) is 2.29. The lowest BCUT2D eigenvalue weighted by atomic mass is 9.74. The number of hydrogen-bond donors (Lipinski definition) is 1. The molecule has 0 atom stereocenters. The third-order valence-electron chi connectivity index (χ3n) is 9.62. The van der Waals surface area contributed by atoms with Crippen LogP contribution in [0.2, 0.25) is 0 Å². The zero-order chi connectivity index (χ0) is 34.5. The first kappa shape index (κ1) is 32.4. The van der Waals surface area contributed by atoms with Crippen LogP contribution in [0.4, 0.5) is 22.7 Å². The molecule has 0 spiro atoms. The zero-order valence-corrected chi connectivity index (χ0v) is 29.0. The van der Waals surface area contributed by atoms with Gasteiger partial charge in [-0.1, -0.05) is 148 Å². The van der Waals surface area contributed by atoms with E-state index in [1.165, 1.54) is 60.7 Å². The second kappa shape index (κ2) is 14.2. The van der Waals surface area contributed by atoms with E-state index in [2.05, 4.69) is 189 Å². The van der Waals surface area contributed by atoms with Gasteiger partial charge in [0.25, 0.3) is 0 Å². The fourth-order valence-electron chi connectivity index (χ4n) is 6.83. The van der Waals surface area contributed by atoms with Crippen molar-refractivity contribution in [1.29, 1.82) is 0 Å². The number of fused-ring (bicyclic) bond motifs is 4. The molecule has 0 saturated carbocycles. The molecule has 8 rings (SSSR count). The topological polar surface area (TPSA) is 15.3 Å². The molecule has 7 aromatic rings. The molecule has 2 heteroatoms. The molecule has 0 fully saturated rings. The van der Waals surface area contributed by atoms with Crippen LogP contribution in [0.1, 0.15) is 43.0 Å². The normalized spacial score (nSPS) is 13.1. The summed E-state index contributed by atoms with van der Waals surface area (Å²) >= 11 is 0. The van der Waals surface area contributed by atoms with E-state index >= 15 is 0 Å². The maximum Gasteiger partial charge on any atom is 0.0461 e. The minimum absolute atomic E-state index is 0.0859. The average molecular weight is 647 g/mol. The largest absolute Gasteiger partial charge is 0.355 e. The second-order valence-corrected chi connectivity index (χ2v) is 13.3. The van der Waals surface area contributed by atoms with Crippen LogP contribution in [0.3, 0.4) is 0 Å². The van der Waals surface area contributed by atoms with Gasteiger partial charge in [0.2, 0.25) is 0 Å². The van der Waals surface area contributed by atoms with E-state index in [1.54, 1.807) is 0 Å². The maximum atomic E-state index is 3.65. The van der Waals surface area contributed by atoms with E-state index in [4.69, 9.17) is 0 Å². The predicted molar refractivity (Wildman–Crippen MR) is 218 cm³/mol. The number of nitrogens with one attached hydrogen (secondary N) is 1. The number of hydrogen-bond acceptors (Lipinski definition) is 2. The van der Waals surface area contributed by atoms with Gasteiger partial charge in [-0.3, -0.25) is 0 Å². The molecule has 1 heterocycles. The van der Waals surface area contributed by atoms with Crippen LogP contribution in [0.25, 0.3) is 33.2 Å². The molecule has 1 aliphatic rings. The SMILES string of the molecule is C=C/C=C(\C)c1ccccc1.CC1(C)c2ccccc2Nc2ccc(/C=C/N(c3ccc4ccccc4c3)c3ccc4ccccc4c3)cc21. The highest BCUT2D eigenvalue weighted by atomic mass is 15.1. The van der Waals surface area contributed by atoms with Crippen molar-refractivity contribution in [3.05, 3.63) is 205 Å². The molecule has 0 amide bonds. The fraction of sp³-hybridized carbons (Fsp3) is 0.0833. The van der Waals surface area contributed by atoms with Crippen LogP contribution in [-0.2, 0) is 5.41 Å². The Morgan fingerprint density at radius 2 is 1.14 bits per heavy atom. The molecule has 7 aromatic carbocycles. The Morgan fingerprint density at radius 3 is 1.78 bits per heavy atom. The summed E-state index contributed by atoms with van der Waals surface area (Å²) in [5.74, 6) is 0. The molecule has 0 aromatic heterocycles. The van der Waals surface area contributed by atoms with Gasteiger partial charge in [-0.25, -0.2) is 0 Å². The summed E-state index contributed by atoms with van der Waals surface area (Å²) in [6.07, 6.45) is 8.24. The van der Waals surface area contributed by atoms with Crippen LogP contribution in [-0.4, -0.2) is 0 Å². The van der Waals surface area contributed by atoms with Crippen LogP contribution in [0.5, 0.6) is 0 Å². The minimum atomic E-state index is -0.0859. The summed E-state index contributed by atoms with van der Waals surface area (Å²) in [7, 11) is 0. The summed E-state index contributed by atoms with van der Waals surface area (Å²) in [5, 5.41) is 8.59. The number of rotatable bonds is 6. The third-order valence-corrected chi connectivity index (χ3v) is 9.62. The number of anilines is 4. The first-order chi connectivity index (χ1) is 24.4. The van der Waals surface area contributed by atoms with Gasteiger partial charge in [-0.2, -0.15) is 0 Å². The Kier molecular flexibility index (Phi) is 9.18. The van der Waals surface area contributed by atoms with Gasteiger partial charge >= 0.3 is 0 Å². The smallest absolute Gasteiger partial charge is 0.0461 e. The molecule has 0 saturated heterocycles. The third kappa shape index (κ3) is 6.74. The van der Waals surface area contributed by atoms with E-state index in [0.717, 1.165) is 11.4 Å². The van der Waals surface area contributed by atoms with E-state index in [9.17, 15) is 0 Å². The monoisotopic (exact) mass is 646 g/mol. The van der Waals surface area contributed by atoms with E-state index in [1.807, 2.05) is 30.4 Å². The summed E-state index contributed by atoms with van der Waals surface area (Å²) < 4.78 is 0. The Morgan fingerprint density at radius 1 is 0.580 bits per heavy atom. The Labute approximate surface area is 296 Å². The van der Waals surface area contributed by atoms with E-state index in [-0.39, 0.29) is 5.41 Å². The van der Waals surface area contributed by atoms with Crippen LogP contribution >= 0.6 is 0 Å². The zero-order valence-electron chi connectivity index (χ0n) is 29.0. The lowest BCUT2D eigenvalue weighted by Crippen LogP contribution is -2.25. The first-order valence-electron chi connectivity index (χ1n) is 17.2. The van der Waals surface area contributed by atoms with Crippen molar-refractivity contribution >= 4 is 55.9 Å². The molecular formula is C48H42N2. The summed E-state index contributed by atoms with van der Waals surface area (Å²) in [6.45, 7) is 10.4. The number of benzene rings is 7. The number of para-hydroxylation sites is 1. The lowest BCUT2D eigenvalue weighted by molar-refractivity contribution is 0.638. The van der Waals surface area contributed by atoms with Gasteiger partial charge in [-0.05, 0) is 105 Å². The Bertz CT molecular complexity index is 2280. The molecule has 0 bridgehead atoms. The van der Waals surface area contributed by atoms with Gasteiger partial charge in [0.05, 0.1) is 0 Å². The van der Waals surface area contributed by atoms with Crippen molar-refractivity contribution in [2.45, 2.75) is 26.2 Å². The van der Waals surface area contributed by atoms with Crippen LogP contribution in [0, 0.1) is 0 Å². The highest BCUT2D eigenvalue weighted by molar-refractivity contribution is 5.91. The first-order valence-corrected chi connectivity index (χ1v) is 17.2. The highest BCUT2D eigenvalue weighted by Gasteiger charge is 2.32. The van der Waals surface area contributed by atoms with Crippen LogP contribution < -0.4 is 10.2 Å². The van der Waals surface area contributed by atoms with Crippen LogP contribution in [0.15, 0.2) is 183 Å². The highest BCUT2D eigenvalue weighted by Crippen LogP contribution is 2.45. The molecule has 50 heavy (non-hydrogen) atoms. The van der Waals surface area contributed by atoms with E-state index in [0.29, 0.717) is 0 Å². The van der Waals surface area contributed by atoms with Crippen molar-refractivity contribution in [3.63, 3.8) is 0 Å². The van der Waals surface area contributed by atoms with E-state index < -0.39 is 0 Å². The molecule has 1 N–H and O–H groups in total. The molecule has 244 valence electrons. The summed E-state index contributed by atoms with van der Waals surface area (Å²) in [5.41, 5.74) is 10.9. The predicted octanol–water partition coefficient (Wildman–Crippen LogP) is 13.5. The second-order valence-electron chi connectivity index (χ2n) is 13.3. The molecule has 0 aliphatic carbocycles. The van der Waals surface area contributed by atoms with Gasteiger partial charge in [0.15, 0.2) is 0 Å².